The Labute approximate surface area is 177 Å². The van der Waals surface area contributed by atoms with Crippen LogP contribution in [0.2, 0.25) is 0 Å². The third kappa shape index (κ3) is 6.36. The Morgan fingerprint density at radius 3 is 1.71 bits per heavy atom. The van der Waals surface area contributed by atoms with Crippen molar-refractivity contribution in [1.29, 1.82) is 0 Å². The molecule has 1 aliphatic rings. The van der Waals surface area contributed by atoms with Crippen LogP contribution in [-0.4, -0.2) is 56.1 Å². The second-order valence-corrected chi connectivity index (χ2v) is 7.75. The summed E-state index contributed by atoms with van der Waals surface area (Å²) in [5, 5.41) is 0. The molecular weight excluding hydrogens is 420 g/mol. The number of alkyl halides is 6. The summed E-state index contributed by atoms with van der Waals surface area (Å²) in [4.78, 5) is 6.01. The quantitative estimate of drug-likeness (QED) is 0.544. The molecule has 2 aromatic rings. The molecule has 0 radical (unpaired) electrons. The molecule has 1 aliphatic heterocycles. The second-order valence-electron chi connectivity index (χ2n) is 7.75. The summed E-state index contributed by atoms with van der Waals surface area (Å²) in [6.07, 6.45) is -8.46. The highest BCUT2D eigenvalue weighted by Crippen LogP contribution is 2.36. The predicted octanol–water partition coefficient (Wildman–Crippen LogP) is 5.50. The first kappa shape index (κ1) is 23.4. The van der Waals surface area contributed by atoms with Crippen molar-refractivity contribution < 1.29 is 26.3 Å². The maximum Gasteiger partial charge on any atom is 0.416 e. The zero-order valence-electron chi connectivity index (χ0n) is 17.2. The van der Waals surface area contributed by atoms with E-state index in [1.807, 2.05) is 7.05 Å². The van der Waals surface area contributed by atoms with Crippen molar-refractivity contribution in [2.75, 3.05) is 51.2 Å². The highest BCUT2D eigenvalue weighted by molar-refractivity contribution is 5.64. The van der Waals surface area contributed by atoms with Gasteiger partial charge in [0, 0.05) is 44.1 Å². The maximum absolute atomic E-state index is 13.2. The van der Waals surface area contributed by atoms with Crippen molar-refractivity contribution in [1.82, 2.24) is 9.80 Å². The van der Waals surface area contributed by atoms with E-state index in [1.54, 1.807) is 0 Å². The number of likely N-dealkylation sites (N-methyl/N-ethyl adjacent to an activating group) is 1. The van der Waals surface area contributed by atoms with Crippen molar-refractivity contribution in [2.45, 2.75) is 18.8 Å². The Kier molecular flexibility index (Phi) is 7.16. The van der Waals surface area contributed by atoms with Crippen LogP contribution in [0.5, 0.6) is 0 Å². The van der Waals surface area contributed by atoms with E-state index < -0.39 is 23.5 Å². The number of piperazine rings is 1. The van der Waals surface area contributed by atoms with Gasteiger partial charge in [-0.15, -0.1) is 0 Å². The molecule has 170 valence electrons. The minimum absolute atomic E-state index is 0.215. The SMILES string of the molecule is CN1CCN(CCCN(c2cccc(C(F)(F)F)c2)c2cccc(C(F)(F)F)c2)CC1. The van der Waals surface area contributed by atoms with Crippen LogP contribution in [-0.2, 0) is 12.4 Å². The molecule has 0 saturated carbocycles. The molecule has 0 N–H and O–H groups in total. The number of halogens is 6. The first-order valence-corrected chi connectivity index (χ1v) is 10.1. The molecule has 0 atom stereocenters. The predicted molar refractivity (Wildman–Crippen MR) is 108 cm³/mol. The fraction of sp³-hybridized carbons (Fsp3) is 0.455. The van der Waals surface area contributed by atoms with Crippen molar-refractivity contribution in [3.8, 4) is 0 Å². The Morgan fingerprint density at radius 1 is 0.774 bits per heavy atom. The summed E-state index contributed by atoms with van der Waals surface area (Å²) in [6.45, 7) is 4.68. The second kappa shape index (κ2) is 9.48. The number of nitrogens with zero attached hydrogens (tertiary/aromatic N) is 3. The lowest BCUT2D eigenvalue weighted by atomic mass is 10.1. The smallest absolute Gasteiger partial charge is 0.341 e. The van der Waals surface area contributed by atoms with Gasteiger partial charge in [-0.05, 0) is 56.4 Å². The van der Waals surface area contributed by atoms with Crippen molar-refractivity contribution in [3.63, 3.8) is 0 Å². The van der Waals surface area contributed by atoms with Crippen molar-refractivity contribution >= 4 is 11.4 Å². The average molecular weight is 445 g/mol. The van der Waals surface area contributed by atoms with Crippen LogP contribution in [0.3, 0.4) is 0 Å². The van der Waals surface area contributed by atoms with Crippen LogP contribution in [0.15, 0.2) is 48.5 Å². The van der Waals surface area contributed by atoms with Gasteiger partial charge in [0.15, 0.2) is 0 Å². The monoisotopic (exact) mass is 445 g/mol. The number of rotatable bonds is 6. The van der Waals surface area contributed by atoms with Gasteiger partial charge in [0.2, 0.25) is 0 Å². The van der Waals surface area contributed by atoms with E-state index in [1.165, 1.54) is 29.2 Å². The summed E-state index contributed by atoms with van der Waals surface area (Å²) in [5.41, 5.74) is -1.23. The molecule has 3 nitrogen and oxygen atoms in total. The van der Waals surface area contributed by atoms with E-state index in [2.05, 4.69) is 9.80 Å². The minimum Gasteiger partial charge on any atom is -0.341 e. The van der Waals surface area contributed by atoms with Crippen LogP contribution < -0.4 is 4.90 Å². The van der Waals surface area contributed by atoms with Gasteiger partial charge in [-0.3, -0.25) is 0 Å². The first-order valence-electron chi connectivity index (χ1n) is 10.1. The molecule has 1 heterocycles. The molecule has 1 fully saturated rings. The Hall–Kier alpha value is -2.26. The largest absolute Gasteiger partial charge is 0.416 e. The van der Waals surface area contributed by atoms with Gasteiger partial charge in [-0.25, -0.2) is 0 Å². The van der Waals surface area contributed by atoms with Gasteiger partial charge in [-0.2, -0.15) is 26.3 Å². The molecule has 9 heteroatoms. The summed E-state index contributed by atoms with van der Waals surface area (Å²) in [7, 11) is 2.04. The van der Waals surface area contributed by atoms with Gasteiger partial charge >= 0.3 is 12.4 Å². The van der Waals surface area contributed by atoms with Gasteiger partial charge < -0.3 is 14.7 Å². The first-order chi connectivity index (χ1) is 14.5. The normalized spacial score (nSPS) is 16.5. The zero-order chi connectivity index (χ0) is 22.6. The van der Waals surface area contributed by atoms with Crippen LogP contribution in [0.25, 0.3) is 0 Å². The molecular formula is C22H25F6N3. The molecule has 0 unspecified atom stereocenters. The third-order valence-electron chi connectivity index (χ3n) is 5.42. The molecule has 0 amide bonds. The topological polar surface area (TPSA) is 9.72 Å². The lowest BCUT2D eigenvalue weighted by Gasteiger charge is -2.33. The molecule has 1 saturated heterocycles. The average Bonchev–Trinajstić information content (AvgIpc) is 2.71. The number of hydrogen-bond acceptors (Lipinski definition) is 3. The highest BCUT2D eigenvalue weighted by Gasteiger charge is 2.32. The molecule has 2 aromatic carbocycles. The Balaban J connectivity index is 1.84. The van der Waals surface area contributed by atoms with Gasteiger partial charge in [0.25, 0.3) is 0 Å². The van der Waals surface area contributed by atoms with Gasteiger partial charge in [0.05, 0.1) is 11.1 Å². The van der Waals surface area contributed by atoms with E-state index in [4.69, 9.17) is 0 Å². The standard InChI is InChI=1S/C22H25F6N3/c1-29-11-13-30(14-12-29)9-4-10-31(19-7-2-5-17(15-19)21(23,24)25)20-8-3-6-18(16-20)22(26,27)28/h2-3,5-8,15-16H,4,9-14H2,1H3. The molecule has 0 aliphatic carbocycles. The summed E-state index contributed by atoms with van der Waals surface area (Å²) < 4.78 is 79.2. The summed E-state index contributed by atoms with van der Waals surface area (Å²) in [6, 6.07) is 9.41. The van der Waals surface area contributed by atoms with Crippen LogP contribution in [0.1, 0.15) is 17.5 Å². The maximum atomic E-state index is 13.2. The van der Waals surface area contributed by atoms with E-state index in [0.29, 0.717) is 13.0 Å². The van der Waals surface area contributed by atoms with Crippen molar-refractivity contribution in [3.05, 3.63) is 59.7 Å². The van der Waals surface area contributed by atoms with Gasteiger partial charge in [0.1, 0.15) is 0 Å². The van der Waals surface area contributed by atoms with E-state index in [0.717, 1.165) is 57.0 Å². The van der Waals surface area contributed by atoms with Gasteiger partial charge in [-0.1, -0.05) is 12.1 Å². The molecule has 3 rings (SSSR count). The molecule has 0 bridgehead atoms. The number of benzene rings is 2. The Bertz CT molecular complexity index is 799. The van der Waals surface area contributed by atoms with E-state index >= 15 is 0 Å². The lowest BCUT2D eigenvalue weighted by molar-refractivity contribution is -0.138. The minimum atomic E-state index is -4.53. The van der Waals surface area contributed by atoms with Crippen LogP contribution in [0, 0.1) is 0 Å². The van der Waals surface area contributed by atoms with Crippen LogP contribution >= 0.6 is 0 Å². The summed E-state index contributed by atoms with van der Waals surface area (Å²) in [5.74, 6) is 0. The lowest BCUT2D eigenvalue weighted by Crippen LogP contribution is -2.45. The number of anilines is 2. The molecule has 0 spiro atoms. The zero-order valence-corrected chi connectivity index (χ0v) is 17.2. The molecule has 31 heavy (non-hydrogen) atoms. The van der Waals surface area contributed by atoms with Crippen molar-refractivity contribution in [2.24, 2.45) is 0 Å². The van der Waals surface area contributed by atoms with E-state index in [-0.39, 0.29) is 11.4 Å². The number of hydrogen-bond donors (Lipinski definition) is 0. The summed E-state index contributed by atoms with van der Waals surface area (Å²) >= 11 is 0. The van der Waals surface area contributed by atoms with Crippen LogP contribution in [0.4, 0.5) is 37.7 Å². The highest BCUT2D eigenvalue weighted by atomic mass is 19.4. The fourth-order valence-electron chi connectivity index (χ4n) is 3.63. The van der Waals surface area contributed by atoms with E-state index in [9.17, 15) is 26.3 Å². The third-order valence-corrected chi connectivity index (χ3v) is 5.42. The molecule has 0 aromatic heterocycles. The fourth-order valence-corrected chi connectivity index (χ4v) is 3.63. The Morgan fingerprint density at radius 2 is 1.26 bits per heavy atom.